The smallest absolute Gasteiger partial charge is 0.257 e. The summed E-state index contributed by atoms with van der Waals surface area (Å²) in [6, 6.07) is 4.53. The molecule has 1 amide bonds. The van der Waals surface area contributed by atoms with Gasteiger partial charge in [0.15, 0.2) is 0 Å². The van der Waals surface area contributed by atoms with E-state index in [1.807, 2.05) is 38.1 Å². The lowest BCUT2D eigenvalue weighted by molar-refractivity contribution is 0.0491. The maximum Gasteiger partial charge on any atom is 0.257 e. The van der Waals surface area contributed by atoms with E-state index in [1.165, 1.54) is 11.8 Å². The molecule has 2 aromatic heterocycles. The number of aromatic nitrogens is 3. The van der Waals surface area contributed by atoms with Crippen LogP contribution in [0.5, 0.6) is 0 Å². The molecule has 0 spiro atoms. The lowest BCUT2D eigenvalue weighted by atomic mass is 9.97. The van der Waals surface area contributed by atoms with E-state index >= 15 is 0 Å². The van der Waals surface area contributed by atoms with Gasteiger partial charge in [-0.15, -0.1) is 0 Å². The standard InChI is InChI=1S/C28H41N9OS/c1-7-21-17-36(26-19(3)34-24(16-32-26)27(31-6)39-20(4)30-5)14-15-37(21)22-10-12-35(13-11-22)28(38)23-9-8-18(2)33-25(23)29/h8-9,16,21-22,30H,4,7,10-15,17H2,1-3,5-6H3,(H2,29,33). The number of nitrogens with one attached hydrogen (secondary N) is 1. The van der Waals surface area contributed by atoms with Crippen LogP contribution in [0.15, 0.2) is 34.9 Å². The van der Waals surface area contributed by atoms with Crippen LogP contribution in [0.2, 0.25) is 0 Å². The Kier molecular flexibility index (Phi) is 9.45. The number of amides is 1. The van der Waals surface area contributed by atoms with Crippen molar-refractivity contribution in [1.82, 2.24) is 30.1 Å². The van der Waals surface area contributed by atoms with Crippen LogP contribution in [0.25, 0.3) is 0 Å². The van der Waals surface area contributed by atoms with Gasteiger partial charge in [0.05, 0.1) is 22.5 Å². The maximum atomic E-state index is 13.1. The molecule has 1 atom stereocenters. The number of aliphatic imine (C=N–C) groups is 1. The topological polar surface area (TPSA) is 116 Å². The Morgan fingerprint density at radius 2 is 1.95 bits per heavy atom. The zero-order valence-electron chi connectivity index (χ0n) is 23.8. The minimum atomic E-state index is -0.0160. The molecular weight excluding hydrogens is 510 g/mol. The molecule has 39 heavy (non-hydrogen) atoms. The van der Waals surface area contributed by atoms with Crippen molar-refractivity contribution in [2.75, 3.05) is 57.5 Å². The zero-order chi connectivity index (χ0) is 28.1. The van der Waals surface area contributed by atoms with E-state index in [2.05, 4.69) is 38.6 Å². The third kappa shape index (κ3) is 6.52. The van der Waals surface area contributed by atoms with Crippen LogP contribution >= 0.6 is 11.8 Å². The van der Waals surface area contributed by atoms with Crippen molar-refractivity contribution in [1.29, 1.82) is 0 Å². The average Bonchev–Trinajstić information content (AvgIpc) is 2.95. The first-order valence-electron chi connectivity index (χ1n) is 13.6. The molecule has 4 heterocycles. The number of piperazine rings is 1. The van der Waals surface area contributed by atoms with Crippen LogP contribution in [0, 0.1) is 13.8 Å². The van der Waals surface area contributed by atoms with Gasteiger partial charge in [-0.05, 0) is 45.2 Å². The summed E-state index contributed by atoms with van der Waals surface area (Å²) in [6.07, 6.45) is 4.80. The first-order chi connectivity index (χ1) is 18.7. The van der Waals surface area contributed by atoms with Crippen LogP contribution < -0.4 is 16.0 Å². The maximum absolute atomic E-state index is 13.1. The second-order valence-electron chi connectivity index (χ2n) is 10.1. The number of carbonyl (C=O) groups is 1. The molecule has 0 saturated carbocycles. The molecule has 210 valence electrons. The molecule has 3 N–H and O–H groups in total. The molecule has 2 aliphatic rings. The number of piperidine rings is 1. The van der Waals surface area contributed by atoms with Gasteiger partial charge in [-0.25, -0.2) is 15.0 Å². The van der Waals surface area contributed by atoms with Crippen molar-refractivity contribution < 1.29 is 4.79 Å². The summed E-state index contributed by atoms with van der Waals surface area (Å²) >= 11 is 1.46. The highest BCUT2D eigenvalue weighted by molar-refractivity contribution is 8.17. The third-order valence-electron chi connectivity index (χ3n) is 7.66. The van der Waals surface area contributed by atoms with Crippen molar-refractivity contribution in [3.8, 4) is 0 Å². The Balaban J connectivity index is 1.37. The first kappa shape index (κ1) is 28.8. The fraction of sp³-hybridized carbons (Fsp3) is 0.536. The van der Waals surface area contributed by atoms with Gasteiger partial charge in [0, 0.05) is 64.6 Å². The Hall–Kier alpha value is -3.18. The summed E-state index contributed by atoms with van der Waals surface area (Å²) < 4.78 is 0. The predicted molar refractivity (Wildman–Crippen MR) is 160 cm³/mol. The molecule has 1 unspecified atom stereocenters. The predicted octanol–water partition coefficient (Wildman–Crippen LogP) is 3.08. The van der Waals surface area contributed by atoms with Crippen LogP contribution in [-0.2, 0) is 0 Å². The molecular formula is C28H41N9OS. The molecule has 0 radical (unpaired) electrons. The molecule has 10 nitrogen and oxygen atoms in total. The number of rotatable bonds is 7. The lowest BCUT2D eigenvalue weighted by Crippen LogP contribution is -2.59. The zero-order valence-corrected chi connectivity index (χ0v) is 24.6. The summed E-state index contributed by atoms with van der Waals surface area (Å²) in [4.78, 5) is 38.3. The highest BCUT2D eigenvalue weighted by Crippen LogP contribution is 2.28. The number of carbonyl (C=O) groups excluding carboxylic acids is 1. The van der Waals surface area contributed by atoms with E-state index in [0.717, 1.165) is 85.0 Å². The fourth-order valence-corrected chi connectivity index (χ4v) is 6.13. The van der Waals surface area contributed by atoms with Gasteiger partial charge >= 0.3 is 0 Å². The SMILES string of the molecule is C=C(NC)SC(=NC)c1cnc(N2CCN(C3CCN(C(=O)c4ccc(C)nc4N)CC3)C(CC)C2)c(C)n1. The van der Waals surface area contributed by atoms with E-state index in [4.69, 9.17) is 15.7 Å². The van der Waals surface area contributed by atoms with Gasteiger partial charge in [-0.1, -0.05) is 25.3 Å². The number of nitrogens with two attached hydrogens (primary N) is 1. The van der Waals surface area contributed by atoms with Crippen LogP contribution in [0.1, 0.15) is 53.6 Å². The Morgan fingerprint density at radius 3 is 2.56 bits per heavy atom. The molecule has 2 fully saturated rings. The largest absolute Gasteiger partial charge is 0.383 e. The minimum Gasteiger partial charge on any atom is -0.383 e. The van der Waals surface area contributed by atoms with E-state index in [-0.39, 0.29) is 5.91 Å². The number of anilines is 2. The van der Waals surface area contributed by atoms with Crippen molar-refractivity contribution in [3.63, 3.8) is 0 Å². The number of pyridine rings is 1. The third-order valence-corrected chi connectivity index (χ3v) is 8.69. The number of likely N-dealkylation sites (tertiary alicyclic amines) is 1. The summed E-state index contributed by atoms with van der Waals surface area (Å²) in [6.45, 7) is 14.4. The second-order valence-corrected chi connectivity index (χ2v) is 11.2. The Bertz CT molecular complexity index is 1230. The molecule has 2 saturated heterocycles. The number of nitrogens with zero attached hydrogens (tertiary/aromatic N) is 7. The highest BCUT2D eigenvalue weighted by Gasteiger charge is 2.35. The molecule has 0 aromatic carbocycles. The second kappa shape index (κ2) is 12.8. The normalized spacial score (nSPS) is 19.3. The first-order valence-corrected chi connectivity index (χ1v) is 14.5. The van der Waals surface area contributed by atoms with Crippen LogP contribution in [-0.4, -0.2) is 94.6 Å². The number of hydrogen-bond donors (Lipinski definition) is 2. The van der Waals surface area contributed by atoms with Gasteiger partial charge in [0.2, 0.25) is 0 Å². The summed E-state index contributed by atoms with van der Waals surface area (Å²) in [5.74, 6) is 1.24. The lowest BCUT2D eigenvalue weighted by Gasteiger charge is -2.47. The monoisotopic (exact) mass is 551 g/mol. The number of hydrogen-bond acceptors (Lipinski definition) is 10. The number of nitrogen functional groups attached to an aromatic ring is 1. The van der Waals surface area contributed by atoms with Crippen molar-refractivity contribution in [2.24, 2.45) is 4.99 Å². The van der Waals surface area contributed by atoms with Crippen molar-refractivity contribution >= 4 is 34.3 Å². The number of thioether (sulfide) groups is 1. The number of aryl methyl sites for hydroxylation is 2. The summed E-state index contributed by atoms with van der Waals surface area (Å²) in [7, 11) is 3.60. The quantitative estimate of drug-likeness (QED) is 0.396. The minimum absolute atomic E-state index is 0.0160. The van der Waals surface area contributed by atoms with Gasteiger partial charge < -0.3 is 20.9 Å². The van der Waals surface area contributed by atoms with E-state index in [1.54, 1.807) is 13.1 Å². The van der Waals surface area contributed by atoms with Gasteiger partial charge in [-0.2, -0.15) is 0 Å². The average molecular weight is 552 g/mol. The molecule has 2 aromatic rings. The van der Waals surface area contributed by atoms with Crippen LogP contribution in [0.4, 0.5) is 11.6 Å². The van der Waals surface area contributed by atoms with E-state index in [9.17, 15) is 4.79 Å². The van der Waals surface area contributed by atoms with Crippen molar-refractivity contribution in [3.05, 3.63) is 52.6 Å². The van der Waals surface area contributed by atoms with E-state index < -0.39 is 0 Å². The Morgan fingerprint density at radius 1 is 1.21 bits per heavy atom. The van der Waals surface area contributed by atoms with Crippen molar-refractivity contribution in [2.45, 2.75) is 52.1 Å². The van der Waals surface area contributed by atoms with Gasteiger partial charge in [0.1, 0.15) is 22.4 Å². The highest BCUT2D eigenvalue weighted by atomic mass is 32.2. The summed E-state index contributed by atoms with van der Waals surface area (Å²) in [5, 5.41) is 4.64. The molecule has 0 aliphatic carbocycles. The van der Waals surface area contributed by atoms with Crippen LogP contribution in [0.3, 0.4) is 0 Å². The molecule has 4 rings (SSSR count). The summed E-state index contributed by atoms with van der Waals surface area (Å²) in [5.41, 5.74) is 9.03. The molecule has 2 aliphatic heterocycles. The molecule has 0 bridgehead atoms. The fourth-order valence-electron chi connectivity index (χ4n) is 5.50. The molecule has 11 heteroatoms. The van der Waals surface area contributed by atoms with E-state index in [0.29, 0.717) is 23.5 Å². The van der Waals surface area contributed by atoms with Gasteiger partial charge in [-0.3, -0.25) is 14.7 Å². The van der Waals surface area contributed by atoms with Gasteiger partial charge in [0.25, 0.3) is 5.91 Å². The Labute approximate surface area is 236 Å².